The summed E-state index contributed by atoms with van der Waals surface area (Å²) < 4.78 is 11.1. The zero-order valence-corrected chi connectivity index (χ0v) is 16.5. The third kappa shape index (κ3) is 5.13. The molecule has 0 atom stereocenters. The molecule has 0 radical (unpaired) electrons. The van der Waals surface area contributed by atoms with Crippen molar-refractivity contribution >= 4 is 63.4 Å². The minimum Gasteiger partial charge on any atom is -0.493 e. The van der Waals surface area contributed by atoms with E-state index in [9.17, 15) is 9.59 Å². The summed E-state index contributed by atoms with van der Waals surface area (Å²) in [5, 5.41) is 12.4. The smallest absolute Gasteiger partial charge is 0.335 e. The van der Waals surface area contributed by atoms with Crippen molar-refractivity contribution in [3.63, 3.8) is 0 Å². The van der Waals surface area contributed by atoms with Crippen LogP contribution >= 0.6 is 45.8 Å². The lowest BCUT2D eigenvalue weighted by Crippen LogP contribution is -2.20. The quantitative estimate of drug-likeness (QED) is 0.583. The molecule has 2 N–H and O–H groups in total. The van der Waals surface area contributed by atoms with Crippen molar-refractivity contribution < 1.29 is 24.2 Å². The molecule has 0 aromatic heterocycles. The number of carboxylic acids is 1. The first-order chi connectivity index (χ1) is 11.8. The Hall–Kier alpha value is -1.71. The van der Waals surface area contributed by atoms with E-state index in [2.05, 4.69) is 5.32 Å². The Kier molecular flexibility index (Phi) is 6.74. The molecule has 0 spiro atoms. The van der Waals surface area contributed by atoms with Gasteiger partial charge in [-0.3, -0.25) is 4.79 Å². The molecular formula is C16H12Cl2INO5. The van der Waals surface area contributed by atoms with E-state index in [0.29, 0.717) is 19.3 Å². The van der Waals surface area contributed by atoms with Crippen molar-refractivity contribution in [2.45, 2.75) is 0 Å². The first kappa shape index (κ1) is 19.6. The van der Waals surface area contributed by atoms with Crippen LogP contribution in [0.15, 0.2) is 30.3 Å². The van der Waals surface area contributed by atoms with Gasteiger partial charge in [0.1, 0.15) is 0 Å². The van der Waals surface area contributed by atoms with Gasteiger partial charge < -0.3 is 19.9 Å². The van der Waals surface area contributed by atoms with Crippen molar-refractivity contribution in [2.75, 3.05) is 19.0 Å². The molecule has 0 unspecified atom stereocenters. The number of methoxy groups -OCH3 is 1. The van der Waals surface area contributed by atoms with Gasteiger partial charge in [0.05, 0.1) is 26.3 Å². The predicted molar refractivity (Wildman–Crippen MR) is 103 cm³/mol. The number of ether oxygens (including phenoxy) is 2. The van der Waals surface area contributed by atoms with E-state index < -0.39 is 11.9 Å². The maximum Gasteiger partial charge on any atom is 0.335 e. The molecule has 0 aliphatic carbocycles. The Morgan fingerprint density at radius 2 is 1.92 bits per heavy atom. The number of hydrogen-bond acceptors (Lipinski definition) is 4. The van der Waals surface area contributed by atoms with Crippen molar-refractivity contribution in [3.8, 4) is 11.5 Å². The summed E-state index contributed by atoms with van der Waals surface area (Å²) in [4.78, 5) is 23.1. The Bertz CT molecular complexity index is 828. The van der Waals surface area contributed by atoms with E-state index in [1.807, 2.05) is 22.6 Å². The van der Waals surface area contributed by atoms with Crippen molar-refractivity contribution in [1.82, 2.24) is 0 Å². The van der Waals surface area contributed by atoms with E-state index in [0.717, 1.165) is 0 Å². The number of benzene rings is 2. The Morgan fingerprint density at radius 1 is 1.20 bits per heavy atom. The monoisotopic (exact) mass is 495 g/mol. The Labute approximate surface area is 167 Å². The standard InChI is InChI=1S/C16H12Cl2INO5/c1-24-13-5-8(16(22)23)4-12(19)15(13)25-7-14(21)20-9-2-3-10(17)11(18)6-9/h2-6H,7H2,1H3,(H,20,21)(H,22,23). The molecule has 0 bridgehead atoms. The highest BCUT2D eigenvalue weighted by atomic mass is 127. The van der Waals surface area contributed by atoms with Crippen LogP contribution in [0, 0.1) is 3.57 Å². The van der Waals surface area contributed by atoms with E-state index in [1.165, 1.54) is 25.3 Å². The molecule has 1 amide bonds. The number of carbonyl (C=O) groups excluding carboxylic acids is 1. The van der Waals surface area contributed by atoms with E-state index >= 15 is 0 Å². The number of nitrogens with one attached hydrogen (secondary N) is 1. The van der Waals surface area contributed by atoms with Crippen LogP contribution in [0.4, 0.5) is 5.69 Å². The second-order valence-electron chi connectivity index (χ2n) is 4.76. The molecule has 0 saturated heterocycles. The third-order valence-electron chi connectivity index (χ3n) is 3.03. The molecule has 9 heteroatoms. The average molecular weight is 496 g/mol. The molecular weight excluding hydrogens is 484 g/mol. The van der Waals surface area contributed by atoms with Gasteiger partial charge in [0.15, 0.2) is 18.1 Å². The van der Waals surface area contributed by atoms with Gasteiger partial charge in [-0.05, 0) is 52.9 Å². The normalized spacial score (nSPS) is 10.2. The highest BCUT2D eigenvalue weighted by Crippen LogP contribution is 2.34. The molecule has 2 aromatic rings. The third-order valence-corrected chi connectivity index (χ3v) is 4.57. The number of anilines is 1. The predicted octanol–water partition coefficient (Wildman–Crippen LogP) is 4.32. The number of carbonyl (C=O) groups is 2. The molecule has 0 fully saturated rings. The van der Waals surface area contributed by atoms with Gasteiger partial charge in [-0.1, -0.05) is 23.2 Å². The average Bonchev–Trinajstić information content (AvgIpc) is 2.56. The maximum absolute atomic E-state index is 12.0. The summed E-state index contributed by atoms with van der Waals surface area (Å²) in [5.41, 5.74) is 0.541. The highest BCUT2D eigenvalue weighted by Gasteiger charge is 2.16. The summed E-state index contributed by atoms with van der Waals surface area (Å²) in [6.07, 6.45) is 0. The lowest BCUT2D eigenvalue weighted by molar-refractivity contribution is -0.118. The first-order valence-corrected chi connectivity index (χ1v) is 8.63. The topological polar surface area (TPSA) is 84.9 Å². The molecule has 25 heavy (non-hydrogen) atoms. The fraction of sp³-hybridized carbons (Fsp3) is 0.125. The fourth-order valence-corrected chi connectivity index (χ4v) is 2.95. The van der Waals surface area contributed by atoms with Gasteiger partial charge in [0.25, 0.3) is 5.91 Å². The van der Waals surface area contributed by atoms with E-state index in [-0.39, 0.29) is 23.7 Å². The SMILES string of the molecule is COc1cc(C(=O)O)cc(I)c1OCC(=O)Nc1ccc(Cl)c(Cl)c1. The zero-order chi connectivity index (χ0) is 18.6. The molecule has 6 nitrogen and oxygen atoms in total. The molecule has 0 aliphatic heterocycles. The van der Waals surface area contributed by atoms with Crippen molar-refractivity contribution in [3.05, 3.63) is 49.5 Å². The summed E-state index contributed by atoms with van der Waals surface area (Å²) in [6, 6.07) is 7.46. The fourth-order valence-electron chi connectivity index (χ4n) is 1.89. The Balaban J connectivity index is 2.08. The number of rotatable bonds is 6. The molecule has 0 heterocycles. The number of hydrogen-bond donors (Lipinski definition) is 2. The molecule has 132 valence electrons. The molecule has 2 aromatic carbocycles. The van der Waals surface area contributed by atoms with Crippen LogP contribution in [0.3, 0.4) is 0 Å². The van der Waals surface area contributed by atoms with Gasteiger partial charge in [0, 0.05) is 5.69 Å². The van der Waals surface area contributed by atoms with E-state index in [4.69, 9.17) is 37.8 Å². The van der Waals surface area contributed by atoms with Crippen molar-refractivity contribution in [1.29, 1.82) is 0 Å². The van der Waals surface area contributed by atoms with Crippen LogP contribution in [0.2, 0.25) is 10.0 Å². The summed E-state index contributed by atoms with van der Waals surface area (Å²) in [7, 11) is 1.39. The van der Waals surface area contributed by atoms with Crippen LogP contribution in [0.25, 0.3) is 0 Å². The van der Waals surface area contributed by atoms with Gasteiger partial charge >= 0.3 is 5.97 Å². The maximum atomic E-state index is 12.0. The number of aromatic carboxylic acids is 1. The number of amides is 1. The zero-order valence-electron chi connectivity index (χ0n) is 12.8. The summed E-state index contributed by atoms with van der Waals surface area (Å²) in [6.45, 7) is -0.293. The number of carboxylic acid groups (broad SMARTS) is 1. The Morgan fingerprint density at radius 3 is 2.52 bits per heavy atom. The number of halogens is 3. The second-order valence-corrected chi connectivity index (χ2v) is 6.74. The van der Waals surface area contributed by atoms with Crippen LogP contribution in [-0.4, -0.2) is 30.7 Å². The van der Waals surface area contributed by atoms with Crippen LogP contribution in [0.1, 0.15) is 10.4 Å². The van der Waals surface area contributed by atoms with Gasteiger partial charge in [-0.2, -0.15) is 0 Å². The van der Waals surface area contributed by atoms with Gasteiger partial charge in [-0.25, -0.2) is 4.79 Å². The minimum atomic E-state index is -1.08. The van der Waals surface area contributed by atoms with Gasteiger partial charge in [-0.15, -0.1) is 0 Å². The van der Waals surface area contributed by atoms with Crippen LogP contribution < -0.4 is 14.8 Å². The molecule has 2 rings (SSSR count). The van der Waals surface area contributed by atoms with Crippen LogP contribution in [-0.2, 0) is 4.79 Å². The van der Waals surface area contributed by atoms with Gasteiger partial charge in [0.2, 0.25) is 0 Å². The highest BCUT2D eigenvalue weighted by molar-refractivity contribution is 14.1. The lowest BCUT2D eigenvalue weighted by Gasteiger charge is -2.13. The second kappa shape index (κ2) is 8.59. The van der Waals surface area contributed by atoms with E-state index in [1.54, 1.807) is 12.1 Å². The first-order valence-electron chi connectivity index (χ1n) is 6.80. The summed E-state index contributed by atoms with van der Waals surface area (Å²) in [5.74, 6) is -0.984. The minimum absolute atomic E-state index is 0.0638. The van der Waals surface area contributed by atoms with Crippen LogP contribution in [0.5, 0.6) is 11.5 Å². The summed E-state index contributed by atoms with van der Waals surface area (Å²) >= 11 is 13.6. The van der Waals surface area contributed by atoms with Crippen molar-refractivity contribution in [2.24, 2.45) is 0 Å². The lowest BCUT2D eigenvalue weighted by atomic mass is 10.2. The molecule has 0 aliphatic rings. The molecule has 0 saturated carbocycles. The largest absolute Gasteiger partial charge is 0.493 e.